The van der Waals surface area contributed by atoms with Crippen molar-refractivity contribution in [2.45, 2.75) is 33.6 Å². The summed E-state index contributed by atoms with van der Waals surface area (Å²) in [4.78, 5) is 28.8. The van der Waals surface area contributed by atoms with E-state index in [1.807, 2.05) is 6.07 Å². The predicted molar refractivity (Wildman–Crippen MR) is 82.5 cm³/mol. The Morgan fingerprint density at radius 2 is 1.95 bits per heavy atom. The first-order chi connectivity index (χ1) is 9.96. The highest BCUT2D eigenvalue weighted by atomic mass is 16.4. The van der Waals surface area contributed by atoms with E-state index in [2.05, 4.69) is 29.0 Å². The quantitative estimate of drug-likeness (QED) is 0.769. The molecule has 0 saturated carbocycles. The topological polar surface area (TPSA) is 82.5 Å². The molecule has 0 aromatic carbocycles. The number of carboxylic acids is 1. The second kappa shape index (κ2) is 8.24. The van der Waals surface area contributed by atoms with Crippen LogP contribution in [0.1, 0.15) is 33.6 Å². The summed E-state index contributed by atoms with van der Waals surface area (Å²) in [6.45, 7) is 7.62. The fourth-order valence-electron chi connectivity index (χ4n) is 2.09. The van der Waals surface area contributed by atoms with Crippen LogP contribution in [0.25, 0.3) is 0 Å². The van der Waals surface area contributed by atoms with Gasteiger partial charge in [-0.05, 0) is 31.9 Å². The largest absolute Gasteiger partial charge is 0.481 e. The van der Waals surface area contributed by atoms with Gasteiger partial charge in [-0.3, -0.25) is 9.59 Å². The standard InChI is InChI=1S/C15H23N3O3/c1-4-18(5-2)13-7-6-12(10-16-13)17-14(19)8-11(3)9-15(20)21/h6-7,10-11H,4-5,8-9H2,1-3H3,(H,17,19)(H,20,21). The van der Waals surface area contributed by atoms with E-state index in [0.29, 0.717) is 5.69 Å². The number of aromatic nitrogens is 1. The number of aliphatic carboxylic acids is 1. The van der Waals surface area contributed by atoms with Gasteiger partial charge >= 0.3 is 5.97 Å². The number of carboxylic acid groups (broad SMARTS) is 1. The Morgan fingerprint density at radius 1 is 1.29 bits per heavy atom. The monoisotopic (exact) mass is 293 g/mol. The maximum Gasteiger partial charge on any atom is 0.303 e. The van der Waals surface area contributed by atoms with Crippen molar-refractivity contribution in [1.82, 2.24) is 4.98 Å². The number of anilines is 2. The van der Waals surface area contributed by atoms with E-state index >= 15 is 0 Å². The van der Waals surface area contributed by atoms with Gasteiger partial charge in [0.1, 0.15) is 5.82 Å². The van der Waals surface area contributed by atoms with Crippen LogP contribution in [0.3, 0.4) is 0 Å². The minimum absolute atomic E-state index is 0.00737. The van der Waals surface area contributed by atoms with Crippen molar-refractivity contribution in [2.75, 3.05) is 23.3 Å². The molecule has 0 aliphatic carbocycles. The van der Waals surface area contributed by atoms with E-state index in [-0.39, 0.29) is 24.7 Å². The molecule has 0 aliphatic heterocycles. The number of carbonyl (C=O) groups is 2. The number of hydrogen-bond acceptors (Lipinski definition) is 4. The van der Waals surface area contributed by atoms with Crippen LogP contribution in [0.4, 0.5) is 11.5 Å². The van der Waals surface area contributed by atoms with Gasteiger partial charge < -0.3 is 15.3 Å². The number of amides is 1. The van der Waals surface area contributed by atoms with Crippen LogP contribution >= 0.6 is 0 Å². The Morgan fingerprint density at radius 3 is 2.43 bits per heavy atom. The molecule has 1 unspecified atom stereocenters. The third-order valence-corrected chi connectivity index (χ3v) is 3.18. The highest BCUT2D eigenvalue weighted by molar-refractivity contribution is 5.91. The Hall–Kier alpha value is -2.11. The lowest BCUT2D eigenvalue weighted by molar-refractivity contribution is -0.138. The Kier molecular flexibility index (Phi) is 6.65. The molecule has 0 bridgehead atoms. The second-order valence-corrected chi connectivity index (χ2v) is 5.03. The minimum Gasteiger partial charge on any atom is -0.481 e. The summed E-state index contributed by atoms with van der Waals surface area (Å²) >= 11 is 0. The molecule has 1 heterocycles. The van der Waals surface area contributed by atoms with Gasteiger partial charge in [-0.15, -0.1) is 0 Å². The van der Waals surface area contributed by atoms with E-state index < -0.39 is 5.97 Å². The molecule has 0 aliphatic rings. The summed E-state index contributed by atoms with van der Waals surface area (Å²) in [5, 5.41) is 11.4. The van der Waals surface area contributed by atoms with Crippen molar-refractivity contribution >= 4 is 23.4 Å². The lowest BCUT2D eigenvalue weighted by Crippen LogP contribution is -2.23. The number of pyridine rings is 1. The molecule has 116 valence electrons. The van der Waals surface area contributed by atoms with Crippen molar-refractivity contribution in [3.05, 3.63) is 18.3 Å². The molecule has 1 aromatic heterocycles. The summed E-state index contributed by atoms with van der Waals surface area (Å²) in [5.41, 5.74) is 0.624. The zero-order chi connectivity index (χ0) is 15.8. The van der Waals surface area contributed by atoms with E-state index in [9.17, 15) is 9.59 Å². The van der Waals surface area contributed by atoms with Gasteiger partial charge in [-0.25, -0.2) is 4.98 Å². The molecule has 6 nitrogen and oxygen atoms in total. The fraction of sp³-hybridized carbons (Fsp3) is 0.533. The fourth-order valence-corrected chi connectivity index (χ4v) is 2.09. The number of nitrogens with one attached hydrogen (secondary N) is 1. The van der Waals surface area contributed by atoms with Gasteiger partial charge in [0, 0.05) is 25.9 Å². The smallest absolute Gasteiger partial charge is 0.303 e. The molecule has 0 spiro atoms. The van der Waals surface area contributed by atoms with Crippen LogP contribution < -0.4 is 10.2 Å². The number of nitrogens with zero attached hydrogens (tertiary/aromatic N) is 2. The molecular weight excluding hydrogens is 270 g/mol. The molecule has 1 atom stereocenters. The van der Waals surface area contributed by atoms with Crippen LogP contribution in [0, 0.1) is 5.92 Å². The Balaban J connectivity index is 2.55. The van der Waals surface area contributed by atoms with Crippen LogP contribution in [0.2, 0.25) is 0 Å². The van der Waals surface area contributed by atoms with Gasteiger partial charge in [0.25, 0.3) is 0 Å². The number of rotatable bonds is 8. The molecule has 1 aromatic rings. The van der Waals surface area contributed by atoms with Crippen molar-refractivity contribution < 1.29 is 14.7 Å². The summed E-state index contributed by atoms with van der Waals surface area (Å²) < 4.78 is 0. The first-order valence-electron chi connectivity index (χ1n) is 7.18. The van der Waals surface area contributed by atoms with Crippen molar-refractivity contribution in [3.8, 4) is 0 Å². The van der Waals surface area contributed by atoms with Gasteiger partial charge in [0.2, 0.25) is 5.91 Å². The van der Waals surface area contributed by atoms with Crippen LogP contribution in [-0.2, 0) is 9.59 Å². The highest BCUT2D eigenvalue weighted by Gasteiger charge is 2.13. The summed E-state index contributed by atoms with van der Waals surface area (Å²) in [7, 11) is 0. The number of hydrogen-bond donors (Lipinski definition) is 2. The molecule has 1 rings (SSSR count). The maximum atomic E-state index is 11.8. The summed E-state index contributed by atoms with van der Waals surface area (Å²) in [6.07, 6.45) is 1.80. The first kappa shape index (κ1) is 16.9. The Labute approximate surface area is 125 Å². The van der Waals surface area contributed by atoms with Gasteiger partial charge in [0.05, 0.1) is 11.9 Å². The molecule has 21 heavy (non-hydrogen) atoms. The minimum atomic E-state index is -0.888. The molecule has 1 amide bonds. The molecule has 0 radical (unpaired) electrons. The lowest BCUT2D eigenvalue weighted by Gasteiger charge is -2.19. The highest BCUT2D eigenvalue weighted by Crippen LogP contribution is 2.15. The van der Waals surface area contributed by atoms with E-state index in [1.54, 1.807) is 19.2 Å². The number of carbonyl (C=O) groups excluding carboxylic acids is 1. The normalized spacial score (nSPS) is 11.8. The molecular formula is C15H23N3O3. The van der Waals surface area contributed by atoms with E-state index in [4.69, 9.17) is 5.11 Å². The third kappa shape index (κ3) is 5.81. The summed E-state index contributed by atoms with van der Waals surface area (Å²) in [6, 6.07) is 3.67. The summed E-state index contributed by atoms with van der Waals surface area (Å²) in [5.74, 6) is -0.399. The van der Waals surface area contributed by atoms with Gasteiger partial charge in [-0.2, -0.15) is 0 Å². The molecule has 6 heteroatoms. The van der Waals surface area contributed by atoms with E-state index in [1.165, 1.54) is 0 Å². The van der Waals surface area contributed by atoms with E-state index in [0.717, 1.165) is 18.9 Å². The average molecular weight is 293 g/mol. The SMILES string of the molecule is CCN(CC)c1ccc(NC(=O)CC(C)CC(=O)O)cn1. The molecule has 0 saturated heterocycles. The van der Waals surface area contributed by atoms with Crippen molar-refractivity contribution in [3.63, 3.8) is 0 Å². The van der Waals surface area contributed by atoms with Gasteiger partial charge in [0.15, 0.2) is 0 Å². The molecule has 2 N–H and O–H groups in total. The third-order valence-electron chi connectivity index (χ3n) is 3.18. The second-order valence-electron chi connectivity index (χ2n) is 5.03. The zero-order valence-electron chi connectivity index (χ0n) is 12.8. The lowest BCUT2D eigenvalue weighted by atomic mass is 10.0. The zero-order valence-corrected chi connectivity index (χ0v) is 12.8. The van der Waals surface area contributed by atoms with Crippen LogP contribution in [0.15, 0.2) is 18.3 Å². The van der Waals surface area contributed by atoms with Crippen molar-refractivity contribution in [1.29, 1.82) is 0 Å². The van der Waals surface area contributed by atoms with Crippen LogP contribution in [0.5, 0.6) is 0 Å². The maximum absolute atomic E-state index is 11.8. The average Bonchev–Trinajstić information content (AvgIpc) is 2.40. The predicted octanol–water partition coefficient (Wildman–Crippen LogP) is 2.37. The van der Waals surface area contributed by atoms with Gasteiger partial charge in [-0.1, -0.05) is 6.92 Å². The first-order valence-corrected chi connectivity index (χ1v) is 7.18. The van der Waals surface area contributed by atoms with Crippen molar-refractivity contribution in [2.24, 2.45) is 5.92 Å². The molecule has 0 fully saturated rings. The Bertz CT molecular complexity index is 470. The van der Waals surface area contributed by atoms with Crippen LogP contribution in [-0.4, -0.2) is 35.1 Å².